The molecular formula is C22H38O4S. The van der Waals surface area contributed by atoms with Crippen LogP contribution in [0.5, 0.6) is 0 Å². The van der Waals surface area contributed by atoms with Crippen LogP contribution in [0.4, 0.5) is 0 Å². The van der Waals surface area contributed by atoms with Crippen LogP contribution in [-0.4, -0.2) is 46.0 Å². The average Bonchev–Trinajstić information content (AvgIpc) is 3.22. The first-order valence-corrected chi connectivity index (χ1v) is 11.8. The summed E-state index contributed by atoms with van der Waals surface area (Å²) >= 11 is 1.86. The summed E-state index contributed by atoms with van der Waals surface area (Å²) in [5, 5.41) is 19.4. The van der Waals surface area contributed by atoms with Gasteiger partial charge in [-0.2, -0.15) is 11.8 Å². The van der Waals surface area contributed by atoms with Gasteiger partial charge >= 0.3 is 5.97 Å². The zero-order valence-electron chi connectivity index (χ0n) is 17.2. The number of carboxylic acid groups (broad SMARTS) is 1. The summed E-state index contributed by atoms with van der Waals surface area (Å²) in [6.07, 6.45) is 12.3. The first-order chi connectivity index (χ1) is 12.8. The highest BCUT2D eigenvalue weighted by molar-refractivity contribution is 7.99. The van der Waals surface area contributed by atoms with Crippen LogP contribution in [0.2, 0.25) is 0 Å². The van der Waals surface area contributed by atoms with Gasteiger partial charge in [0.15, 0.2) is 0 Å². The van der Waals surface area contributed by atoms with E-state index in [1.54, 1.807) is 0 Å². The molecule has 0 saturated carbocycles. The topological polar surface area (TPSA) is 66.8 Å². The lowest BCUT2D eigenvalue weighted by Gasteiger charge is -2.30. The summed E-state index contributed by atoms with van der Waals surface area (Å²) < 4.78 is 6.17. The number of hydrogen-bond acceptors (Lipinski definition) is 4. The number of unbranched alkanes of at least 4 members (excludes halogenated alkanes) is 1. The molecule has 2 aliphatic rings. The number of aliphatic carboxylic acids is 1. The van der Waals surface area contributed by atoms with Gasteiger partial charge in [0, 0.05) is 12.3 Å². The van der Waals surface area contributed by atoms with Crippen LogP contribution < -0.4 is 0 Å². The van der Waals surface area contributed by atoms with Gasteiger partial charge < -0.3 is 14.9 Å². The van der Waals surface area contributed by atoms with Gasteiger partial charge in [-0.1, -0.05) is 45.8 Å². The third-order valence-electron chi connectivity index (χ3n) is 6.25. The molecule has 5 atom stereocenters. The molecule has 0 aromatic rings. The Morgan fingerprint density at radius 3 is 2.70 bits per heavy atom. The lowest BCUT2D eigenvalue weighted by Crippen LogP contribution is -2.29. The van der Waals surface area contributed by atoms with Crippen molar-refractivity contribution in [2.45, 2.75) is 90.4 Å². The molecule has 2 N–H and O–H groups in total. The molecule has 4 nitrogen and oxygen atoms in total. The Morgan fingerprint density at radius 2 is 2.00 bits per heavy atom. The van der Waals surface area contributed by atoms with Crippen LogP contribution >= 0.6 is 11.8 Å². The first kappa shape index (κ1) is 22.8. The SMILES string of the molecule is CCCCC(C)(C)C(O)/C=C/[C@H]1[C@@H](CCSCCCC(=O)O)[C@H]2CC[C@@H]1O2. The summed E-state index contributed by atoms with van der Waals surface area (Å²) in [5.41, 5.74) is -0.0829. The van der Waals surface area contributed by atoms with Crippen LogP contribution in [0.3, 0.4) is 0 Å². The third kappa shape index (κ3) is 6.79. The van der Waals surface area contributed by atoms with E-state index >= 15 is 0 Å². The minimum atomic E-state index is -0.706. The van der Waals surface area contributed by atoms with Crippen molar-refractivity contribution in [1.29, 1.82) is 0 Å². The average molecular weight is 399 g/mol. The van der Waals surface area contributed by atoms with Crippen molar-refractivity contribution in [3.8, 4) is 0 Å². The zero-order valence-corrected chi connectivity index (χ0v) is 18.0. The summed E-state index contributed by atoms with van der Waals surface area (Å²) in [4.78, 5) is 10.6. The smallest absolute Gasteiger partial charge is 0.303 e. The lowest BCUT2D eigenvalue weighted by molar-refractivity contribution is -0.137. The number of rotatable bonds is 13. The highest BCUT2D eigenvalue weighted by atomic mass is 32.2. The van der Waals surface area contributed by atoms with E-state index in [2.05, 4.69) is 26.8 Å². The Bertz CT molecular complexity index is 491. The summed E-state index contributed by atoms with van der Waals surface area (Å²) in [7, 11) is 0. The molecule has 156 valence electrons. The molecule has 0 amide bonds. The highest BCUT2D eigenvalue weighted by Crippen LogP contribution is 2.46. The Morgan fingerprint density at radius 1 is 1.26 bits per heavy atom. The van der Waals surface area contributed by atoms with Gasteiger partial charge in [0.05, 0.1) is 18.3 Å². The van der Waals surface area contributed by atoms with Crippen molar-refractivity contribution in [2.24, 2.45) is 17.3 Å². The van der Waals surface area contributed by atoms with E-state index in [1.165, 1.54) is 0 Å². The quantitative estimate of drug-likeness (QED) is 0.341. The summed E-state index contributed by atoms with van der Waals surface area (Å²) in [6.45, 7) is 6.50. The second-order valence-corrected chi connectivity index (χ2v) is 10.1. The van der Waals surface area contributed by atoms with E-state index in [0.717, 1.165) is 56.5 Å². The maximum Gasteiger partial charge on any atom is 0.303 e. The van der Waals surface area contributed by atoms with E-state index in [-0.39, 0.29) is 11.8 Å². The maximum atomic E-state index is 10.7. The minimum absolute atomic E-state index is 0.0829. The molecule has 1 unspecified atom stereocenters. The number of hydrogen-bond donors (Lipinski definition) is 2. The molecular weight excluding hydrogens is 360 g/mol. The van der Waals surface area contributed by atoms with E-state index in [0.29, 0.717) is 24.0 Å². The van der Waals surface area contributed by atoms with Crippen molar-refractivity contribution in [1.82, 2.24) is 0 Å². The molecule has 5 heteroatoms. The van der Waals surface area contributed by atoms with Gasteiger partial charge in [0.1, 0.15) is 0 Å². The number of aliphatic hydroxyl groups excluding tert-OH is 1. The lowest BCUT2D eigenvalue weighted by atomic mass is 9.76. The van der Waals surface area contributed by atoms with E-state index in [4.69, 9.17) is 9.84 Å². The monoisotopic (exact) mass is 398 g/mol. The van der Waals surface area contributed by atoms with Crippen LogP contribution in [0.1, 0.15) is 72.1 Å². The number of thioether (sulfide) groups is 1. The number of carbonyl (C=O) groups is 1. The molecule has 2 rings (SSSR count). The molecule has 2 heterocycles. The van der Waals surface area contributed by atoms with Crippen molar-refractivity contribution in [2.75, 3.05) is 11.5 Å². The molecule has 2 aliphatic heterocycles. The second-order valence-electron chi connectivity index (χ2n) is 8.85. The van der Waals surface area contributed by atoms with Crippen molar-refractivity contribution >= 4 is 17.7 Å². The fourth-order valence-corrected chi connectivity index (χ4v) is 5.37. The largest absolute Gasteiger partial charge is 0.481 e. The third-order valence-corrected chi connectivity index (χ3v) is 7.35. The molecule has 0 aromatic heterocycles. The van der Waals surface area contributed by atoms with Crippen molar-refractivity contribution in [3.63, 3.8) is 0 Å². The number of aliphatic hydroxyl groups is 1. The van der Waals surface area contributed by atoms with Gasteiger partial charge in [-0.05, 0) is 54.9 Å². The van der Waals surface area contributed by atoms with Crippen LogP contribution in [-0.2, 0) is 9.53 Å². The van der Waals surface area contributed by atoms with Gasteiger partial charge in [0.2, 0.25) is 0 Å². The van der Waals surface area contributed by atoms with Gasteiger partial charge in [-0.25, -0.2) is 0 Å². The molecule has 0 aliphatic carbocycles. The van der Waals surface area contributed by atoms with E-state index in [9.17, 15) is 9.90 Å². The number of carboxylic acids is 1. The second kappa shape index (κ2) is 10.9. The Balaban J connectivity index is 1.82. The van der Waals surface area contributed by atoms with E-state index in [1.807, 2.05) is 17.8 Å². The molecule has 0 aromatic carbocycles. The summed E-state index contributed by atoms with van der Waals surface area (Å²) in [5.74, 6) is 2.23. The van der Waals surface area contributed by atoms with Crippen molar-refractivity contribution in [3.05, 3.63) is 12.2 Å². The Labute approximate surface area is 169 Å². The normalized spacial score (nSPS) is 28.9. The standard InChI is InChI=1S/C22H38O4S/c1-4-5-13-22(2,3)20(23)11-8-16-17(19-10-9-18(16)26-19)12-15-27-14-6-7-21(24)25/h8,11,16-20,23H,4-7,9-10,12-15H2,1-3H3,(H,24,25)/b11-8+/t16-,17+,18-,19+,20?/m0/s1. The zero-order chi connectivity index (χ0) is 19.9. The first-order valence-electron chi connectivity index (χ1n) is 10.7. The number of ether oxygens (including phenoxy) is 1. The number of fused-ring (bicyclic) bond motifs is 2. The fourth-order valence-electron chi connectivity index (χ4n) is 4.38. The predicted molar refractivity (Wildman–Crippen MR) is 112 cm³/mol. The van der Waals surface area contributed by atoms with E-state index < -0.39 is 12.1 Å². The van der Waals surface area contributed by atoms with Gasteiger partial charge in [-0.3, -0.25) is 4.79 Å². The van der Waals surface area contributed by atoms with Crippen LogP contribution in [0, 0.1) is 17.3 Å². The Kier molecular flexibility index (Phi) is 9.17. The fraction of sp³-hybridized carbons (Fsp3) is 0.864. The van der Waals surface area contributed by atoms with Crippen molar-refractivity contribution < 1.29 is 19.7 Å². The predicted octanol–water partition coefficient (Wildman–Crippen LogP) is 4.90. The molecule has 2 fully saturated rings. The minimum Gasteiger partial charge on any atom is -0.481 e. The highest BCUT2D eigenvalue weighted by Gasteiger charge is 2.47. The summed E-state index contributed by atoms with van der Waals surface area (Å²) in [6, 6.07) is 0. The Hall–Kier alpha value is -0.520. The molecule has 0 radical (unpaired) electrons. The maximum absolute atomic E-state index is 10.7. The van der Waals surface area contributed by atoms with Crippen LogP contribution in [0.15, 0.2) is 12.2 Å². The molecule has 0 spiro atoms. The molecule has 27 heavy (non-hydrogen) atoms. The van der Waals surface area contributed by atoms with Gasteiger partial charge in [0.25, 0.3) is 0 Å². The molecule has 2 bridgehead atoms. The molecule has 2 saturated heterocycles. The van der Waals surface area contributed by atoms with Crippen LogP contribution in [0.25, 0.3) is 0 Å². The van der Waals surface area contributed by atoms with Gasteiger partial charge in [-0.15, -0.1) is 0 Å².